The van der Waals surface area contributed by atoms with E-state index in [2.05, 4.69) is 39.9 Å². The summed E-state index contributed by atoms with van der Waals surface area (Å²) in [6.07, 6.45) is 2.15. The summed E-state index contributed by atoms with van der Waals surface area (Å²) >= 11 is 1.81. The van der Waals surface area contributed by atoms with Gasteiger partial charge in [-0.1, -0.05) is 6.92 Å². The molecule has 1 aromatic rings. The van der Waals surface area contributed by atoms with Gasteiger partial charge in [-0.15, -0.1) is 11.3 Å². The normalized spacial score (nSPS) is 13.9. The minimum atomic E-state index is 0.148. The van der Waals surface area contributed by atoms with Crippen LogP contribution in [0.25, 0.3) is 0 Å². The topological polar surface area (TPSA) is 34.1 Å². The predicted octanol–water partition coefficient (Wildman–Crippen LogP) is 3.17. The highest BCUT2D eigenvalue weighted by molar-refractivity contribution is 7.11. The van der Waals surface area contributed by atoms with Gasteiger partial charge in [-0.05, 0) is 34.1 Å². The molecule has 0 spiro atoms. The fourth-order valence-electron chi connectivity index (χ4n) is 1.61. The molecule has 0 radical (unpaired) electrons. The summed E-state index contributed by atoms with van der Waals surface area (Å²) in [5.41, 5.74) is 1.38. The van der Waals surface area contributed by atoms with Crippen LogP contribution in [0.2, 0.25) is 0 Å². The van der Waals surface area contributed by atoms with Crippen LogP contribution in [-0.2, 0) is 24.1 Å². The Morgan fingerprint density at radius 1 is 1.39 bits per heavy atom. The second-order valence-electron chi connectivity index (χ2n) is 5.69. The standard InChI is InChI=1S/C14H26N2OS/c1-7-11-12(9-15-14(3,4)5)18-13(16-11)8-10(2)17-6/h10,15H,7-9H2,1-6H3. The van der Waals surface area contributed by atoms with Crippen LogP contribution >= 0.6 is 11.3 Å². The number of ether oxygens (including phenoxy) is 1. The van der Waals surface area contributed by atoms with E-state index in [4.69, 9.17) is 9.72 Å². The van der Waals surface area contributed by atoms with Crippen molar-refractivity contribution in [1.29, 1.82) is 0 Å². The Morgan fingerprint density at radius 2 is 2.06 bits per heavy atom. The number of aromatic nitrogens is 1. The number of methoxy groups -OCH3 is 1. The summed E-state index contributed by atoms with van der Waals surface area (Å²) in [4.78, 5) is 6.08. The highest BCUT2D eigenvalue weighted by atomic mass is 32.1. The van der Waals surface area contributed by atoms with Crippen molar-refractivity contribution in [3.63, 3.8) is 0 Å². The van der Waals surface area contributed by atoms with Crippen molar-refractivity contribution in [3.05, 3.63) is 15.6 Å². The number of thiazole rings is 1. The zero-order valence-electron chi connectivity index (χ0n) is 12.5. The van der Waals surface area contributed by atoms with Gasteiger partial charge in [-0.3, -0.25) is 0 Å². The van der Waals surface area contributed by atoms with Crippen LogP contribution in [0, 0.1) is 0 Å². The van der Waals surface area contributed by atoms with Gasteiger partial charge in [-0.2, -0.15) is 0 Å². The van der Waals surface area contributed by atoms with Crippen LogP contribution < -0.4 is 5.32 Å². The predicted molar refractivity (Wildman–Crippen MR) is 78.3 cm³/mol. The molecule has 0 bridgehead atoms. The smallest absolute Gasteiger partial charge is 0.0957 e. The molecule has 1 rings (SSSR count). The first-order valence-corrected chi connectivity index (χ1v) is 7.42. The first-order chi connectivity index (χ1) is 8.35. The minimum absolute atomic E-state index is 0.148. The fourth-order valence-corrected chi connectivity index (χ4v) is 2.82. The van der Waals surface area contributed by atoms with Gasteiger partial charge in [0, 0.05) is 30.5 Å². The Morgan fingerprint density at radius 3 is 2.56 bits per heavy atom. The van der Waals surface area contributed by atoms with Crippen molar-refractivity contribution >= 4 is 11.3 Å². The summed E-state index contributed by atoms with van der Waals surface area (Å²) in [7, 11) is 1.75. The molecular weight excluding hydrogens is 244 g/mol. The van der Waals surface area contributed by atoms with E-state index in [9.17, 15) is 0 Å². The average molecular weight is 270 g/mol. The Kier molecular flexibility index (Phi) is 5.76. The van der Waals surface area contributed by atoms with Crippen molar-refractivity contribution in [2.75, 3.05) is 7.11 Å². The number of nitrogens with zero attached hydrogens (tertiary/aromatic N) is 1. The molecule has 1 unspecified atom stereocenters. The van der Waals surface area contributed by atoms with E-state index in [1.807, 2.05) is 11.3 Å². The molecule has 0 aromatic carbocycles. The van der Waals surface area contributed by atoms with Crippen molar-refractivity contribution in [2.24, 2.45) is 0 Å². The lowest BCUT2D eigenvalue weighted by molar-refractivity contribution is 0.118. The van der Waals surface area contributed by atoms with Crippen molar-refractivity contribution in [3.8, 4) is 0 Å². The number of aryl methyl sites for hydroxylation is 1. The van der Waals surface area contributed by atoms with Gasteiger partial charge >= 0.3 is 0 Å². The fraction of sp³-hybridized carbons (Fsp3) is 0.786. The molecule has 0 fully saturated rings. The molecule has 3 nitrogen and oxygen atoms in total. The largest absolute Gasteiger partial charge is 0.381 e. The molecule has 1 N–H and O–H groups in total. The van der Waals surface area contributed by atoms with Crippen LogP contribution in [-0.4, -0.2) is 23.7 Å². The number of nitrogens with one attached hydrogen (secondary N) is 1. The van der Waals surface area contributed by atoms with E-state index in [0.717, 1.165) is 19.4 Å². The van der Waals surface area contributed by atoms with Gasteiger partial charge in [0.15, 0.2) is 0 Å². The molecule has 1 aromatic heterocycles. The second-order valence-corrected chi connectivity index (χ2v) is 6.85. The van der Waals surface area contributed by atoms with E-state index in [1.165, 1.54) is 15.6 Å². The summed E-state index contributed by atoms with van der Waals surface area (Å²) in [6, 6.07) is 0. The molecule has 18 heavy (non-hydrogen) atoms. The highest BCUT2D eigenvalue weighted by Gasteiger charge is 2.15. The molecule has 0 saturated heterocycles. The summed E-state index contributed by atoms with van der Waals surface area (Å²) in [6.45, 7) is 11.7. The van der Waals surface area contributed by atoms with Crippen molar-refractivity contribution in [1.82, 2.24) is 10.3 Å². The molecular formula is C14H26N2OS. The first kappa shape index (κ1) is 15.6. The zero-order chi connectivity index (χ0) is 13.8. The lowest BCUT2D eigenvalue weighted by Gasteiger charge is -2.20. The Balaban J connectivity index is 2.72. The van der Waals surface area contributed by atoms with Crippen LogP contribution in [0.4, 0.5) is 0 Å². The molecule has 4 heteroatoms. The third-order valence-corrected chi connectivity index (χ3v) is 3.92. The molecule has 0 amide bonds. The second kappa shape index (κ2) is 6.64. The lowest BCUT2D eigenvalue weighted by Crippen LogP contribution is -2.35. The number of rotatable bonds is 6. The molecule has 0 aliphatic rings. The maximum absolute atomic E-state index is 5.30. The average Bonchev–Trinajstić information content (AvgIpc) is 2.67. The molecule has 0 aliphatic heterocycles. The third-order valence-electron chi connectivity index (χ3n) is 2.80. The van der Waals surface area contributed by atoms with Crippen LogP contribution in [0.3, 0.4) is 0 Å². The van der Waals surface area contributed by atoms with Crippen molar-refractivity contribution < 1.29 is 4.74 Å². The van der Waals surface area contributed by atoms with Gasteiger partial charge < -0.3 is 10.1 Å². The van der Waals surface area contributed by atoms with Crippen molar-refractivity contribution in [2.45, 2.75) is 65.6 Å². The van der Waals surface area contributed by atoms with E-state index < -0.39 is 0 Å². The Hall–Kier alpha value is -0.450. The van der Waals surface area contributed by atoms with Gasteiger partial charge in [0.2, 0.25) is 0 Å². The van der Waals surface area contributed by atoms with E-state index in [-0.39, 0.29) is 11.6 Å². The summed E-state index contributed by atoms with van der Waals surface area (Å²) < 4.78 is 5.30. The van der Waals surface area contributed by atoms with Crippen LogP contribution in [0.5, 0.6) is 0 Å². The molecule has 0 aliphatic carbocycles. The molecule has 0 saturated carbocycles. The lowest BCUT2D eigenvalue weighted by atomic mass is 10.1. The Labute approximate surface area is 115 Å². The van der Waals surface area contributed by atoms with Gasteiger partial charge in [0.1, 0.15) is 0 Å². The quantitative estimate of drug-likeness (QED) is 0.862. The monoisotopic (exact) mass is 270 g/mol. The Bertz CT molecular complexity index is 368. The van der Waals surface area contributed by atoms with E-state index in [0.29, 0.717) is 0 Å². The first-order valence-electron chi connectivity index (χ1n) is 6.61. The number of hydrogen-bond acceptors (Lipinski definition) is 4. The van der Waals surface area contributed by atoms with Crippen LogP contribution in [0.1, 0.15) is 50.2 Å². The van der Waals surface area contributed by atoms with Crippen LogP contribution in [0.15, 0.2) is 0 Å². The summed E-state index contributed by atoms with van der Waals surface area (Å²) in [5, 5.41) is 4.72. The zero-order valence-corrected chi connectivity index (χ0v) is 13.3. The molecule has 1 atom stereocenters. The maximum Gasteiger partial charge on any atom is 0.0957 e. The van der Waals surface area contributed by atoms with E-state index in [1.54, 1.807) is 7.11 Å². The maximum atomic E-state index is 5.30. The third kappa shape index (κ3) is 5.04. The molecule has 1 heterocycles. The molecule has 104 valence electrons. The van der Waals surface area contributed by atoms with E-state index >= 15 is 0 Å². The SMILES string of the molecule is CCc1nc(CC(C)OC)sc1CNC(C)(C)C. The highest BCUT2D eigenvalue weighted by Crippen LogP contribution is 2.21. The summed E-state index contributed by atoms with van der Waals surface area (Å²) in [5.74, 6) is 0. The number of hydrogen-bond donors (Lipinski definition) is 1. The van der Waals surface area contributed by atoms with Gasteiger partial charge in [0.25, 0.3) is 0 Å². The minimum Gasteiger partial charge on any atom is -0.381 e. The van der Waals surface area contributed by atoms with Gasteiger partial charge in [-0.25, -0.2) is 4.98 Å². The van der Waals surface area contributed by atoms with Gasteiger partial charge in [0.05, 0.1) is 16.8 Å².